The number of nitrogens with zero attached hydrogens (tertiary/aromatic N) is 1. The van der Waals surface area contributed by atoms with Crippen molar-refractivity contribution in [1.29, 1.82) is 0 Å². The smallest absolute Gasteiger partial charge is 0.0794 e. The maximum absolute atomic E-state index is 2.31. The molecule has 0 aromatic rings. The van der Waals surface area contributed by atoms with Crippen LogP contribution in [0.3, 0.4) is 0 Å². The molecule has 0 saturated heterocycles. The highest BCUT2D eigenvalue weighted by atomic mass is 32.2. The quantitative estimate of drug-likeness (QED) is 0.439. The molecular weight excluding hydrogens is 166 g/mol. The first kappa shape index (κ1) is 12.3. The van der Waals surface area contributed by atoms with Crippen LogP contribution in [0.15, 0.2) is 0 Å². The Bertz CT molecular complexity index is 91.7. The maximum Gasteiger partial charge on any atom is 0.0794 e. The van der Waals surface area contributed by atoms with E-state index in [0.29, 0.717) is 0 Å². The molecule has 0 aliphatic carbocycles. The second kappa shape index (κ2) is 6.79. The van der Waals surface area contributed by atoms with E-state index in [1.807, 2.05) is 11.8 Å². The molecular formula is C10H24NS+. The number of thioether (sulfide) groups is 1. The van der Waals surface area contributed by atoms with E-state index in [1.165, 1.54) is 42.8 Å². The van der Waals surface area contributed by atoms with E-state index in [4.69, 9.17) is 0 Å². The maximum atomic E-state index is 2.31. The molecule has 0 atom stereocenters. The average Bonchev–Trinajstić information content (AvgIpc) is 2.14. The minimum absolute atomic E-state index is 1.29. The van der Waals surface area contributed by atoms with Crippen molar-refractivity contribution in [3.8, 4) is 0 Å². The Morgan fingerprint density at radius 2 is 1.50 bits per heavy atom. The lowest BCUT2D eigenvalue weighted by Gasteiger charge is -2.35. The van der Waals surface area contributed by atoms with Gasteiger partial charge < -0.3 is 4.48 Å². The van der Waals surface area contributed by atoms with Crippen molar-refractivity contribution in [3.05, 3.63) is 0 Å². The summed E-state index contributed by atoms with van der Waals surface area (Å²) in [5, 5.41) is 0. The van der Waals surface area contributed by atoms with Gasteiger partial charge in [0.2, 0.25) is 0 Å². The van der Waals surface area contributed by atoms with Crippen LogP contribution in [0.1, 0.15) is 27.2 Å². The van der Waals surface area contributed by atoms with Gasteiger partial charge in [-0.25, -0.2) is 0 Å². The van der Waals surface area contributed by atoms with Crippen molar-refractivity contribution in [2.45, 2.75) is 27.2 Å². The first-order valence-corrected chi connectivity index (χ1v) is 6.48. The van der Waals surface area contributed by atoms with Crippen molar-refractivity contribution < 1.29 is 4.48 Å². The highest BCUT2D eigenvalue weighted by Crippen LogP contribution is 2.08. The summed E-state index contributed by atoms with van der Waals surface area (Å²) in [6.45, 7) is 12.2. The van der Waals surface area contributed by atoms with Crippen molar-refractivity contribution in [2.75, 3.05) is 38.2 Å². The van der Waals surface area contributed by atoms with Crippen LogP contribution in [-0.4, -0.2) is 42.7 Å². The molecule has 0 aliphatic rings. The number of quaternary nitrogens is 1. The van der Waals surface area contributed by atoms with Crippen LogP contribution < -0.4 is 0 Å². The van der Waals surface area contributed by atoms with Gasteiger partial charge in [0.15, 0.2) is 0 Å². The van der Waals surface area contributed by atoms with E-state index in [0.717, 1.165) is 0 Å². The molecule has 74 valence electrons. The summed E-state index contributed by atoms with van der Waals surface area (Å²) in [5.74, 6) is 1.32. The molecule has 12 heavy (non-hydrogen) atoms. The molecule has 0 unspecified atom stereocenters. The Balaban J connectivity index is 3.76. The summed E-state index contributed by atoms with van der Waals surface area (Å²) < 4.78 is 1.31. The number of rotatable bonds is 7. The van der Waals surface area contributed by atoms with E-state index in [9.17, 15) is 0 Å². The minimum atomic E-state index is 1.29. The fourth-order valence-corrected chi connectivity index (χ4v) is 2.11. The summed E-state index contributed by atoms with van der Waals surface area (Å²) in [6, 6.07) is 0. The van der Waals surface area contributed by atoms with Crippen molar-refractivity contribution in [1.82, 2.24) is 0 Å². The van der Waals surface area contributed by atoms with Gasteiger partial charge in [0.25, 0.3) is 0 Å². The minimum Gasteiger partial charge on any atom is -0.324 e. The predicted octanol–water partition coefficient (Wildman–Crippen LogP) is 2.62. The molecule has 0 amide bonds. The van der Waals surface area contributed by atoms with Crippen molar-refractivity contribution in [2.24, 2.45) is 0 Å². The Kier molecular flexibility index (Phi) is 6.96. The van der Waals surface area contributed by atoms with E-state index in [-0.39, 0.29) is 0 Å². The third kappa shape index (κ3) is 3.81. The Hall–Kier alpha value is 0.310. The van der Waals surface area contributed by atoms with Gasteiger partial charge in [0.05, 0.1) is 26.2 Å². The Morgan fingerprint density at radius 1 is 1.00 bits per heavy atom. The third-order valence-corrected chi connectivity index (χ3v) is 3.69. The molecule has 0 spiro atoms. The van der Waals surface area contributed by atoms with Crippen LogP contribution in [0, 0.1) is 0 Å². The topological polar surface area (TPSA) is 0 Å². The molecule has 0 rings (SSSR count). The molecule has 0 N–H and O–H groups in total. The average molecular weight is 190 g/mol. The van der Waals surface area contributed by atoms with Crippen LogP contribution in [0.2, 0.25) is 0 Å². The van der Waals surface area contributed by atoms with E-state index in [1.54, 1.807) is 0 Å². The van der Waals surface area contributed by atoms with Gasteiger partial charge in [-0.05, 0) is 32.8 Å². The zero-order chi connectivity index (χ0) is 9.45. The zero-order valence-corrected chi connectivity index (χ0v) is 9.91. The van der Waals surface area contributed by atoms with Crippen LogP contribution in [0.25, 0.3) is 0 Å². The first-order chi connectivity index (χ1) is 5.74. The van der Waals surface area contributed by atoms with Crippen LogP contribution in [-0.2, 0) is 0 Å². The van der Waals surface area contributed by atoms with E-state index >= 15 is 0 Å². The van der Waals surface area contributed by atoms with Crippen LogP contribution >= 0.6 is 11.8 Å². The Morgan fingerprint density at radius 3 is 1.83 bits per heavy atom. The van der Waals surface area contributed by atoms with Gasteiger partial charge in [-0.15, -0.1) is 0 Å². The van der Waals surface area contributed by atoms with Crippen molar-refractivity contribution >= 4 is 11.8 Å². The van der Waals surface area contributed by atoms with Gasteiger partial charge >= 0.3 is 0 Å². The predicted molar refractivity (Wildman–Crippen MR) is 59.7 cm³/mol. The second-order valence-corrected chi connectivity index (χ2v) is 4.35. The molecule has 0 radical (unpaired) electrons. The molecule has 0 bridgehead atoms. The second-order valence-electron chi connectivity index (χ2n) is 3.36. The molecule has 1 nitrogen and oxygen atoms in total. The molecule has 0 heterocycles. The zero-order valence-electron chi connectivity index (χ0n) is 9.10. The molecule has 0 aliphatic heterocycles. The summed E-state index contributed by atoms with van der Waals surface area (Å²) in [7, 11) is 0. The van der Waals surface area contributed by atoms with Crippen LogP contribution in [0.4, 0.5) is 0 Å². The van der Waals surface area contributed by atoms with Gasteiger partial charge in [-0.1, -0.05) is 0 Å². The highest BCUT2D eigenvalue weighted by Gasteiger charge is 2.19. The van der Waals surface area contributed by atoms with Gasteiger partial charge in [0, 0.05) is 6.42 Å². The summed E-state index contributed by atoms with van der Waals surface area (Å²) in [4.78, 5) is 0. The summed E-state index contributed by atoms with van der Waals surface area (Å²) in [6.07, 6.45) is 3.56. The largest absolute Gasteiger partial charge is 0.324 e. The molecule has 2 heteroatoms. The number of hydrogen-bond acceptors (Lipinski definition) is 1. The van der Waals surface area contributed by atoms with Gasteiger partial charge in [-0.3, -0.25) is 0 Å². The number of hydrogen-bond donors (Lipinski definition) is 0. The molecule has 0 saturated carbocycles. The highest BCUT2D eigenvalue weighted by molar-refractivity contribution is 7.98. The van der Waals surface area contributed by atoms with Gasteiger partial charge in [-0.2, -0.15) is 11.8 Å². The molecule has 0 aromatic heterocycles. The fraction of sp³-hybridized carbons (Fsp3) is 1.00. The summed E-state index contributed by atoms with van der Waals surface area (Å²) in [5.41, 5.74) is 0. The summed E-state index contributed by atoms with van der Waals surface area (Å²) >= 11 is 1.96. The Labute approximate surface area is 82.1 Å². The molecule has 0 fully saturated rings. The van der Waals surface area contributed by atoms with E-state index in [2.05, 4.69) is 27.0 Å². The first-order valence-electron chi connectivity index (χ1n) is 5.08. The normalized spacial score (nSPS) is 12.0. The third-order valence-electron chi connectivity index (χ3n) is 2.99. The standard InChI is InChI=1S/C10H24NS/c1-5-11(6-2,7-3)9-8-10-12-4/h5-10H2,1-4H3/q+1. The van der Waals surface area contributed by atoms with Gasteiger partial charge in [0.1, 0.15) is 0 Å². The fourth-order valence-electron chi connectivity index (χ4n) is 1.69. The lowest BCUT2D eigenvalue weighted by Crippen LogP contribution is -2.48. The van der Waals surface area contributed by atoms with Crippen LogP contribution in [0.5, 0.6) is 0 Å². The van der Waals surface area contributed by atoms with E-state index < -0.39 is 0 Å². The SMILES string of the molecule is CC[N+](CC)(CC)CCCSC. The lowest BCUT2D eigenvalue weighted by atomic mass is 10.3. The monoisotopic (exact) mass is 190 g/mol. The lowest BCUT2D eigenvalue weighted by molar-refractivity contribution is -0.923. The van der Waals surface area contributed by atoms with Crippen molar-refractivity contribution in [3.63, 3.8) is 0 Å². The molecule has 0 aromatic carbocycles.